The van der Waals surface area contributed by atoms with Crippen LogP contribution in [0.5, 0.6) is 0 Å². The number of carboxylic acid groups (broad SMARTS) is 1. The van der Waals surface area contributed by atoms with Gasteiger partial charge in [-0.25, -0.2) is 8.42 Å². The van der Waals surface area contributed by atoms with Gasteiger partial charge in [0.25, 0.3) is 0 Å². The number of nitrogens with zero attached hydrogens (tertiary/aromatic N) is 1. The van der Waals surface area contributed by atoms with Crippen molar-refractivity contribution in [2.45, 2.75) is 44.7 Å². The summed E-state index contributed by atoms with van der Waals surface area (Å²) in [6.07, 6.45) is 0.159. The maximum absolute atomic E-state index is 13.4. The first-order chi connectivity index (χ1) is 14.0. The molecule has 0 heterocycles. The summed E-state index contributed by atoms with van der Waals surface area (Å²) in [5.74, 6) is -1.47. The molecule has 0 saturated carbocycles. The van der Waals surface area contributed by atoms with E-state index in [9.17, 15) is 23.1 Å². The number of carbonyl (C=O) groups excluding carboxylic acids is 1. The molecule has 0 saturated heterocycles. The molecule has 1 atom stereocenters. The average Bonchev–Trinajstić information content (AvgIpc) is 2.65. The van der Waals surface area contributed by atoms with Gasteiger partial charge in [0, 0.05) is 24.2 Å². The average molecular weight is 453 g/mol. The molecule has 7 nitrogen and oxygen atoms in total. The minimum absolute atomic E-state index is 0.0308. The zero-order valence-corrected chi connectivity index (χ0v) is 18.6. The maximum Gasteiger partial charge on any atom is 0.322 e. The van der Waals surface area contributed by atoms with Crippen molar-refractivity contribution in [2.24, 2.45) is 5.92 Å². The van der Waals surface area contributed by atoms with Crippen molar-refractivity contribution in [3.63, 3.8) is 0 Å². The van der Waals surface area contributed by atoms with Crippen LogP contribution in [0.1, 0.15) is 32.8 Å². The second-order valence-electron chi connectivity index (χ2n) is 7.37. The lowest BCUT2D eigenvalue weighted by atomic mass is 10.0. The van der Waals surface area contributed by atoms with E-state index in [1.54, 1.807) is 24.3 Å². The summed E-state index contributed by atoms with van der Waals surface area (Å²) in [5.41, 5.74) is 1.16. The van der Waals surface area contributed by atoms with Crippen LogP contribution in [0.2, 0.25) is 5.02 Å². The minimum atomic E-state index is -4.11. The fraction of sp³-hybridized carbons (Fsp3) is 0.333. The molecule has 162 valence electrons. The molecule has 30 heavy (non-hydrogen) atoms. The first kappa shape index (κ1) is 23.9. The third kappa shape index (κ3) is 6.29. The number of carboxylic acids is 1. The molecule has 0 bridgehead atoms. The number of benzene rings is 2. The Balaban J connectivity index is 2.46. The molecule has 2 N–H and O–H groups in total. The lowest BCUT2D eigenvalue weighted by Crippen LogP contribution is -2.45. The summed E-state index contributed by atoms with van der Waals surface area (Å²) in [7, 11) is -4.11. The maximum atomic E-state index is 13.4. The van der Waals surface area contributed by atoms with Gasteiger partial charge in [-0.2, -0.15) is 4.31 Å². The Morgan fingerprint density at radius 1 is 1.07 bits per heavy atom. The largest absolute Gasteiger partial charge is 0.480 e. The molecule has 2 rings (SSSR count). The van der Waals surface area contributed by atoms with Crippen molar-refractivity contribution in [2.75, 3.05) is 5.32 Å². The molecule has 0 aliphatic carbocycles. The summed E-state index contributed by atoms with van der Waals surface area (Å²) in [5, 5.41) is 12.8. The molecule has 9 heteroatoms. The quantitative estimate of drug-likeness (QED) is 0.598. The van der Waals surface area contributed by atoms with E-state index < -0.39 is 22.0 Å². The third-order valence-corrected chi connectivity index (χ3v) is 6.48. The van der Waals surface area contributed by atoms with E-state index in [4.69, 9.17) is 11.6 Å². The summed E-state index contributed by atoms with van der Waals surface area (Å²) in [4.78, 5) is 23.2. The number of hydrogen-bond donors (Lipinski definition) is 2. The lowest BCUT2D eigenvalue weighted by molar-refractivity contribution is -0.142. The highest BCUT2D eigenvalue weighted by molar-refractivity contribution is 7.89. The van der Waals surface area contributed by atoms with Crippen molar-refractivity contribution in [1.82, 2.24) is 4.31 Å². The van der Waals surface area contributed by atoms with Crippen molar-refractivity contribution < 1.29 is 23.1 Å². The van der Waals surface area contributed by atoms with Crippen LogP contribution in [0, 0.1) is 5.92 Å². The molecule has 2 aromatic rings. The standard InChI is InChI=1S/C21H25ClN2O5S/c1-14(2)12-20(21(26)27)24(30(28,29)19-10-6-17(22)7-11-19)13-16-4-8-18(9-5-16)23-15(3)25/h4-11,14,20H,12-13H2,1-3H3,(H,23,25)(H,26,27)/t20-/m1/s1. The first-order valence-electron chi connectivity index (χ1n) is 9.37. The monoisotopic (exact) mass is 452 g/mol. The Morgan fingerprint density at radius 3 is 2.10 bits per heavy atom. The molecular formula is C21H25ClN2O5S. The molecule has 0 radical (unpaired) electrons. The molecule has 0 fully saturated rings. The van der Waals surface area contributed by atoms with Crippen molar-refractivity contribution in [3.05, 3.63) is 59.1 Å². The number of sulfonamides is 1. The van der Waals surface area contributed by atoms with Gasteiger partial charge in [0.2, 0.25) is 15.9 Å². The van der Waals surface area contributed by atoms with E-state index in [0.717, 1.165) is 4.31 Å². The predicted molar refractivity (Wildman–Crippen MR) is 116 cm³/mol. The Bertz CT molecular complexity index is 989. The fourth-order valence-electron chi connectivity index (χ4n) is 2.97. The SMILES string of the molecule is CC(=O)Nc1ccc(CN([C@H](CC(C)C)C(=O)O)S(=O)(=O)c2ccc(Cl)cc2)cc1. The van der Waals surface area contributed by atoms with Crippen LogP contribution in [0.15, 0.2) is 53.4 Å². The van der Waals surface area contributed by atoms with Gasteiger partial charge in [-0.15, -0.1) is 0 Å². The zero-order valence-electron chi connectivity index (χ0n) is 17.0. The number of anilines is 1. The zero-order chi connectivity index (χ0) is 22.5. The Morgan fingerprint density at radius 2 is 1.63 bits per heavy atom. The second kappa shape index (κ2) is 10.1. The van der Waals surface area contributed by atoms with Crippen LogP contribution in [-0.2, 0) is 26.2 Å². The molecule has 0 unspecified atom stereocenters. The first-order valence-corrected chi connectivity index (χ1v) is 11.2. The van der Waals surface area contributed by atoms with Gasteiger partial charge in [0.1, 0.15) is 6.04 Å². The van der Waals surface area contributed by atoms with Gasteiger partial charge in [0.15, 0.2) is 0 Å². The van der Waals surface area contributed by atoms with E-state index in [1.807, 2.05) is 13.8 Å². The Labute approximate surface area is 181 Å². The van der Waals surface area contributed by atoms with Crippen molar-refractivity contribution in [1.29, 1.82) is 0 Å². The highest BCUT2D eigenvalue weighted by Gasteiger charge is 2.36. The summed E-state index contributed by atoms with van der Waals surface area (Å²) in [6, 6.07) is 11.0. The van der Waals surface area contributed by atoms with Gasteiger partial charge in [0.05, 0.1) is 4.90 Å². The van der Waals surface area contributed by atoms with Gasteiger partial charge in [-0.05, 0) is 54.3 Å². The minimum Gasteiger partial charge on any atom is -0.480 e. The highest BCUT2D eigenvalue weighted by atomic mass is 35.5. The Kier molecular flexibility index (Phi) is 8.00. The number of carbonyl (C=O) groups is 2. The molecule has 0 aliphatic heterocycles. The van der Waals surface area contributed by atoms with Crippen molar-refractivity contribution in [3.8, 4) is 0 Å². The second-order valence-corrected chi connectivity index (χ2v) is 9.69. The summed E-state index contributed by atoms with van der Waals surface area (Å²) >= 11 is 5.87. The lowest BCUT2D eigenvalue weighted by Gasteiger charge is -2.29. The number of aliphatic carboxylic acids is 1. The number of nitrogens with one attached hydrogen (secondary N) is 1. The van der Waals surface area contributed by atoms with Crippen LogP contribution in [-0.4, -0.2) is 35.7 Å². The summed E-state index contributed by atoms with van der Waals surface area (Å²) < 4.78 is 27.7. The number of rotatable bonds is 9. The molecule has 1 amide bonds. The normalized spacial score (nSPS) is 12.7. The predicted octanol–water partition coefficient (Wildman–Crippen LogP) is 3.99. The van der Waals surface area contributed by atoms with E-state index in [2.05, 4.69) is 5.32 Å². The van der Waals surface area contributed by atoms with Crippen LogP contribution in [0.4, 0.5) is 5.69 Å². The molecular weight excluding hydrogens is 428 g/mol. The number of hydrogen-bond acceptors (Lipinski definition) is 4. The fourth-order valence-corrected chi connectivity index (χ4v) is 4.68. The molecule has 2 aromatic carbocycles. The van der Waals surface area contributed by atoms with Crippen LogP contribution < -0.4 is 5.32 Å². The van der Waals surface area contributed by atoms with Gasteiger partial charge < -0.3 is 10.4 Å². The summed E-state index contributed by atoms with van der Waals surface area (Å²) in [6.45, 7) is 4.93. The number of amides is 1. The van der Waals surface area contributed by atoms with Crippen LogP contribution in [0.25, 0.3) is 0 Å². The van der Waals surface area contributed by atoms with E-state index in [0.29, 0.717) is 16.3 Å². The molecule has 0 spiro atoms. The van der Waals surface area contributed by atoms with E-state index in [-0.39, 0.29) is 29.7 Å². The number of halogens is 1. The van der Waals surface area contributed by atoms with Crippen molar-refractivity contribution >= 4 is 39.2 Å². The third-order valence-electron chi connectivity index (χ3n) is 4.36. The molecule has 0 aliphatic rings. The van der Waals surface area contributed by atoms with Crippen LogP contribution >= 0.6 is 11.6 Å². The molecule has 0 aromatic heterocycles. The van der Waals surface area contributed by atoms with Crippen LogP contribution in [0.3, 0.4) is 0 Å². The van der Waals surface area contributed by atoms with E-state index >= 15 is 0 Å². The van der Waals surface area contributed by atoms with Gasteiger partial charge in [-0.3, -0.25) is 9.59 Å². The Hall–Kier alpha value is -2.42. The van der Waals surface area contributed by atoms with Gasteiger partial charge >= 0.3 is 5.97 Å². The van der Waals surface area contributed by atoms with Gasteiger partial charge in [-0.1, -0.05) is 37.6 Å². The topological polar surface area (TPSA) is 104 Å². The smallest absolute Gasteiger partial charge is 0.322 e. The van der Waals surface area contributed by atoms with E-state index in [1.165, 1.54) is 31.2 Å². The highest BCUT2D eigenvalue weighted by Crippen LogP contribution is 2.26.